The summed E-state index contributed by atoms with van der Waals surface area (Å²) in [4.78, 5) is 12.2. The average Bonchev–Trinajstić information content (AvgIpc) is 2.48. The van der Waals surface area contributed by atoms with Gasteiger partial charge in [0.15, 0.2) is 0 Å². The molecule has 13 heavy (non-hydrogen) atoms. The molecule has 74 valence electrons. The van der Waals surface area contributed by atoms with E-state index in [4.69, 9.17) is 9.84 Å². The Morgan fingerprint density at radius 3 is 2.92 bits per heavy atom. The molecule has 1 saturated carbocycles. The first-order valence-electron chi connectivity index (χ1n) is 4.49. The number of ether oxygens (including phenoxy) is 1. The molecule has 1 aliphatic carbocycles. The average molecular weight is 187 g/mol. The van der Waals surface area contributed by atoms with Gasteiger partial charge in [0.2, 0.25) is 0 Å². The summed E-state index contributed by atoms with van der Waals surface area (Å²) in [6, 6.07) is -0.138. The molecule has 0 bridgehead atoms. The zero-order chi connectivity index (χ0) is 9.42. The number of hydrogen-bond acceptors (Lipinski definition) is 3. The second-order valence-corrected chi connectivity index (χ2v) is 3.52. The van der Waals surface area contributed by atoms with Crippen LogP contribution in [-0.2, 0) is 4.74 Å². The van der Waals surface area contributed by atoms with Crippen LogP contribution in [0, 0.1) is 0 Å². The van der Waals surface area contributed by atoms with Crippen LogP contribution in [0.5, 0.6) is 0 Å². The highest BCUT2D eigenvalue weighted by Crippen LogP contribution is 2.29. The lowest BCUT2D eigenvalue weighted by Crippen LogP contribution is -2.53. The van der Waals surface area contributed by atoms with Crippen molar-refractivity contribution in [3.05, 3.63) is 0 Å². The van der Waals surface area contributed by atoms with Crippen LogP contribution in [0.3, 0.4) is 0 Å². The van der Waals surface area contributed by atoms with Gasteiger partial charge in [-0.3, -0.25) is 0 Å². The van der Waals surface area contributed by atoms with Gasteiger partial charge in [0.1, 0.15) is 6.10 Å². The number of carbonyl (C=O) groups is 1. The Labute approximate surface area is 75.9 Å². The van der Waals surface area contributed by atoms with Crippen molar-refractivity contribution in [2.75, 3.05) is 13.2 Å². The van der Waals surface area contributed by atoms with E-state index >= 15 is 0 Å². The molecule has 1 aliphatic heterocycles. The lowest BCUT2D eigenvalue weighted by Gasteiger charge is -2.36. The molecule has 0 aromatic heterocycles. The zero-order valence-electron chi connectivity index (χ0n) is 7.22. The molecular weight excluding hydrogens is 174 g/mol. The largest absolute Gasteiger partial charge is 0.465 e. The summed E-state index contributed by atoms with van der Waals surface area (Å²) >= 11 is 0. The van der Waals surface area contributed by atoms with Gasteiger partial charge in [-0.15, -0.1) is 0 Å². The third-order valence-electron chi connectivity index (χ3n) is 2.81. The number of fused-ring (bicyclic) bond motifs is 1. The van der Waals surface area contributed by atoms with Crippen molar-refractivity contribution < 1.29 is 19.7 Å². The smallest absolute Gasteiger partial charge is 0.407 e. The van der Waals surface area contributed by atoms with Crippen molar-refractivity contribution in [3.8, 4) is 0 Å². The topological polar surface area (TPSA) is 70.0 Å². The number of amides is 1. The maximum atomic E-state index is 10.8. The van der Waals surface area contributed by atoms with Crippen molar-refractivity contribution >= 4 is 6.09 Å². The van der Waals surface area contributed by atoms with E-state index in [9.17, 15) is 9.90 Å². The third-order valence-corrected chi connectivity index (χ3v) is 2.81. The molecule has 0 radical (unpaired) electrons. The standard InChI is InChI=1S/C8H13NO4/c10-6-2-1-5-7(6)13-4-3-9(5)8(11)12/h5-7,10H,1-4H2,(H,11,12)/t5-,6-,7+/m0/s1. The molecule has 1 saturated heterocycles. The number of hydrogen-bond donors (Lipinski definition) is 2. The molecule has 5 nitrogen and oxygen atoms in total. The quantitative estimate of drug-likeness (QED) is 0.555. The van der Waals surface area contributed by atoms with Gasteiger partial charge in [0.25, 0.3) is 0 Å². The maximum absolute atomic E-state index is 10.8. The van der Waals surface area contributed by atoms with Crippen molar-refractivity contribution in [2.24, 2.45) is 0 Å². The van der Waals surface area contributed by atoms with Gasteiger partial charge in [0, 0.05) is 6.54 Å². The molecule has 5 heteroatoms. The van der Waals surface area contributed by atoms with Gasteiger partial charge < -0.3 is 19.8 Å². The lowest BCUT2D eigenvalue weighted by molar-refractivity contribution is -0.0866. The van der Waals surface area contributed by atoms with Crippen LogP contribution in [-0.4, -0.2) is 52.6 Å². The molecule has 2 aliphatic rings. The first-order valence-corrected chi connectivity index (χ1v) is 4.49. The highest BCUT2D eigenvalue weighted by molar-refractivity contribution is 5.65. The van der Waals surface area contributed by atoms with Crippen LogP contribution in [0.1, 0.15) is 12.8 Å². The van der Waals surface area contributed by atoms with Crippen molar-refractivity contribution in [1.29, 1.82) is 0 Å². The zero-order valence-corrected chi connectivity index (χ0v) is 7.22. The van der Waals surface area contributed by atoms with Crippen molar-refractivity contribution in [1.82, 2.24) is 4.90 Å². The van der Waals surface area contributed by atoms with E-state index in [-0.39, 0.29) is 12.1 Å². The van der Waals surface area contributed by atoms with E-state index in [1.165, 1.54) is 4.90 Å². The molecule has 1 amide bonds. The first-order chi connectivity index (χ1) is 6.20. The Kier molecular flexibility index (Phi) is 2.13. The molecule has 2 fully saturated rings. The molecule has 0 aromatic carbocycles. The van der Waals surface area contributed by atoms with Gasteiger partial charge in [-0.05, 0) is 12.8 Å². The van der Waals surface area contributed by atoms with E-state index < -0.39 is 12.2 Å². The Balaban J connectivity index is 2.11. The van der Waals surface area contributed by atoms with Gasteiger partial charge in [0.05, 0.1) is 18.8 Å². The first kappa shape index (κ1) is 8.77. The summed E-state index contributed by atoms with van der Waals surface area (Å²) in [6.07, 6.45) is -0.360. The minimum absolute atomic E-state index is 0.138. The Bertz CT molecular complexity index is 220. The number of aliphatic hydroxyl groups is 1. The number of rotatable bonds is 0. The summed E-state index contributed by atoms with van der Waals surface area (Å²) in [6.45, 7) is 0.813. The summed E-state index contributed by atoms with van der Waals surface area (Å²) in [7, 11) is 0. The fourth-order valence-electron chi connectivity index (χ4n) is 2.17. The van der Waals surface area contributed by atoms with Crippen LogP contribution >= 0.6 is 0 Å². The Morgan fingerprint density at radius 1 is 1.46 bits per heavy atom. The van der Waals surface area contributed by atoms with Crippen molar-refractivity contribution in [3.63, 3.8) is 0 Å². The molecular formula is C8H13NO4. The normalized spacial score (nSPS) is 38.8. The summed E-state index contributed by atoms with van der Waals surface area (Å²) in [5.41, 5.74) is 0. The van der Waals surface area contributed by atoms with Crippen LogP contribution in [0.2, 0.25) is 0 Å². The minimum atomic E-state index is -0.910. The molecule has 0 spiro atoms. The lowest BCUT2D eigenvalue weighted by atomic mass is 10.1. The van der Waals surface area contributed by atoms with Crippen LogP contribution in [0.15, 0.2) is 0 Å². The maximum Gasteiger partial charge on any atom is 0.407 e. The third kappa shape index (κ3) is 1.38. The number of aliphatic hydroxyl groups excluding tert-OH is 1. The summed E-state index contributed by atoms with van der Waals surface area (Å²) in [5.74, 6) is 0. The number of nitrogens with zero attached hydrogens (tertiary/aromatic N) is 1. The summed E-state index contributed by atoms with van der Waals surface area (Å²) in [5, 5.41) is 18.3. The van der Waals surface area contributed by atoms with Crippen LogP contribution in [0.25, 0.3) is 0 Å². The highest BCUT2D eigenvalue weighted by Gasteiger charge is 2.43. The molecule has 3 atom stereocenters. The van der Waals surface area contributed by atoms with E-state index in [0.29, 0.717) is 26.0 Å². The van der Waals surface area contributed by atoms with Crippen LogP contribution in [0.4, 0.5) is 4.79 Å². The van der Waals surface area contributed by atoms with E-state index in [2.05, 4.69) is 0 Å². The molecule has 2 rings (SSSR count). The molecule has 0 unspecified atom stereocenters. The minimum Gasteiger partial charge on any atom is -0.465 e. The van der Waals surface area contributed by atoms with E-state index in [1.807, 2.05) is 0 Å². The predicted octanol–water partition coefficient (Wildman–Crippen LogP) is -0.112. The van der Waals surface area contributed by atoms with E-state index in [0.717, 1.165) is 0 Å². The van der Waals surface area contributed by atoms with Gasteiger partial charge in [-0.25, -0.2) is 4.79 Å². The summed E-state index contributed by atoms with van der Waals surface area (Å²) < 4.78 is 5.34. The molecule has 0 aromatic rings. The van der Waals surface area contributed by atoms with Gasteiger partial charge in [-0.2, -0.15) is 0 Å². The number of morpholine rings is 1. The fourth-order valence-corrected chi connectivity index (χ4v) is 2.17. The highest BCUT2D eigenvalue weighted by atomic mass is 16.5. The van der Waals surface area contributed by atoms with Gasteiger partial charge in [-0.1, -0.05) is 0 Å². The van der Waals surface area contributed by atoms with Crippen molar-refractivity contribution in [2.45, 2.75) is 31.1 Å². The fraction of sp³-hybridized carbons (Fsp3) is 0.875. The predicted molar refractivity (Wildman–Crippen MR) is 43.5 cm³/mol. The Morgan fingerprint density at radius 2 is 2.23 bits per heavy atom. The molecule has 1 heterocycles. The van der Waals surface area contributed by atoms with Gasteiger partial charge >= 0.3 is 6.09 Å². The van der Waals surface area contributed by atoms with E-state index in [1.54, 1.807) is 0 Å². The second kappa shape index (κ2) is 3.16. The Hall–Kier alpha value is -0.810. The molecule has 2 N–H and O–H groups in total. The SMILES string of the molecule is O=C(O)N1CCO[C@H]2[C@@H](O)CC[C@@H]21. The van der Waals surface area contributed by atoms with Crippen LogP contribution < -0.4 is 0 Å². The monoisotopic (exact) mass is 187 g/mol. The second-order valence-electron chi connectivity index (χ2n) is 3.52. The number of carboxylic acid groups (broad SMARTS) is 1.